The van der Waals surface area contributed by atoms with E-state index >= 15 is 0 Å². The van der Waals surface area contributed by atoms with Crippen molar-refractivity contribution in [3.8, 4) is 0 Å². The van der Waals surface area contributed by atoms with E-state index in [2.05, 4.69) is 26.1 Å². The summed E-state index contributed by atoms with van der Waals surface area (Å²) >= 11 is 1.83. The Kier molecular flexibility index (Phi) is 7.61. The first-order valence-electron chi connectivity index (χ1n) is 7.22. The molecule has 0 aliphatic heterocycles. The van der Waals surface area contributed by atoms with Crippen molar-refractivity contribution in [2.75, 3.05) is 18.9 Å². The lowest BCUT2D eigenvalue weighted by Crippen LogP contribution is -2.47. The first kappa shape index (κ1) is 16.3. The Balaban J connectivity index is 2.51. The molecule has 0 heterocycles. The van der Waals surface area contributed by atoms with Gasteiger partial charge in [-0.3, -0.25) is 0 Å². The van der Waals surface area contributed by atoms with E-state index in [0.29, 0.717) is 23.0 Å². The van der Waals surface area contributed by atoms with Gasteiger partial charge in [0.15, 0.2) is 0 Å². The van der Waals surface area contributed by atoms with Crippen molar-refractivity contribution in [1.82, 2.24) is 5.32 Å². The minimum Gasteiger partial charge on any atom is -0.394 e. The fourth-order valence-corrected chi connectivity index (χ4v) is 4.34. The van der Waals surface area contributed by atoms with Gasteiger partial charge < -0.3 is 15.5 Å². The highest BCUT2D eigenvalue weighted by Gasteiger charge is 2.34. The van der Waals surface area contributed by atoms with Crippen LogP contribution in [0.5, 0.6) is 0 Å². The largest absolute Gasteiger partial charge is 0.394 e. The van der Waals surface area contributed by atoms with Crippen molar-refractivity contribution >= 4 is 11.8 Å². The van der Waals surface area contributed by atoms with Crippen molar-refractivity contribution in [2.24, 2.45) is 11.8 Å². The van der Waals surface area contributed by atoms with Crippen molar-refractivity contribution in [3.05, 3.63) is 0 Å². The Hall–Kier alpha value is 0.230. The molecule has 5 atom stereocenters. The van der Waals surface area contributed by atoms with Crippen molar-refractivity contribution in [2.45, 2.75) is 57.4 Å². The van der Waals surface area contributed by atoms with E-state index in [1.807, 2.05) is 11.8 Å². The predicted octanol–water partition coefficient (Wildman–Crippen LogP) is 1.88. The molecular formula is C14H29NO2S. The second kappa shape index (κ2) is 8.41. The van der Waals surface area contributed by atoms with E-state index in [0.717, 1.165) is 18.9 Å². The Morgan fingerprint density at radius 3 is 2.67 bits per heavy atom. The molecule has 0 radical (unpaired) electrons. The fraction of sp³-hybridized carbons (Fsp3) is 1.00. The summed E-state index contributed by atoms with van der Waals surface area (Å²) < 4.78 is 0. The summed E-state index contributed by atoms with van der Waals surface area (Å²) in [5, 5.41) is 22.6. The standard InChI is InChI=1S/C14H29NO2S/c1-4-5-15-13-7-10(2)6-11(3)14(13)18-9-12(17)8-16/h10-17H,4-9H2,1-3H3. The maximum atomic E-state index is 9.50. The van der Waals surface area contributed by atoms with Gasteiger partial charge >= 0.3 is 0 Å². The molecule has 0 saturated heterocycles. The molecular weight excluding hydrogens is 246 g/mol. The lowest BCUT2D eigenvalue weighted by atomic mass is 9.80. The quantitative estimate of drug-likeness (QED) is 0.664. The van der Waals surface area contributed by atoms with Gasteiger partial charge in [-0.25, -0.2) is 0 Å². The molecule has 3 N–H and O–H groups in total. The highest BCUT2D eigenvalue weighted by atomic mass is 32.2. The van der Waals surface area contributed by atoms with Crippen molar-refractivity contribution in [3.63, 3.8) is 0 Å². The summed E-state index contributed by atoms with van der Waals surface area (Å²) in [5.41, 5.74) is 0. The van der Waals surface area contributed by atoms with Crippen molar-refractivity contribution in [1.29, 1.82) is 0 Å². The summed E-state index contributed by atoms with van der Waals surface area (Å²) in [7, 11) is 0. The molecule has 0 bridgehead atoms. The van der Waals surface area contributed by atoms with E-state index in [1.165, 1.54) is 12.8 Å². The van der Waals surface area contributed by atoms with E-state index in [4.69, 9.17) is 5.11 Å². The summed E-state index contributed by atoms with van der Waals surface area (Å²) in [4.78, 5) is 0. The first-order chi connectivity index (χ1) is 8.58. The highest BCUT2D eigenvalue weighted by Crippen LogP contribution is 2.36. The van der Waals surface area contributed by atoms with Gasteiger partial charge in [-0.15, -0.1) is 0 Å². The van der Waals surface area contributed by atoms with Crippen LogP contribution in [0, 0.1) is 11.8 Å². The van der Waals surface area contributed by atoms with Crippen molar-refractivity contribution < 1.29 is 10.2 Å². The van der Waals surface area contributed by atoms with Crippen LogP contribution in [0.25, 0.3) is 0 Å². The molecule has 18 heavy (non-hydrogen) atoms. The second-order valence-corrected chi connectivity index (χ2v) is 6.96. The predicted molar refractivity (Wildman–Crippen MR) is 79.0 cm³/mol. The summed E-state index contributed by atoms with van der Waals surface area (Å²) in [6, 6.07) is 0.555. The zero-order valence-corrected chi connectivity index (χ0v) is 12.7. The maximum absolute atomic E-state index is 9.50. The molecule has 1 aliphatic carbocycles. The number of aliphatic hydroxyl groups is 2. The average molecular weight is 275 g/mol. The number of rotatable bonds is 7. The third-order valence-electron chi connectivity index (χ3n) is 3.74. The lowest BCUT2D eigenvalue weighted by Gasteiger charge is -2.40. The normalized spacial score (nSPS) is 34.5. The van der Waals surface area contributed by atoms with E-state index in [9.17, 15) is 5.11 Å². The van der Waals surface area contributed by atoms with Crippen LogP contribution in [0.15, 0.2) is 0 Å². The number of aliphatic hydroxyl groups excluding tert-OH is 2. The van der Waals surface area contributed by atoms with Gasteiger partial charge in [0.25, 0.3) is 0 Å². The Morgan fingerprint density at radius 2 is 2.06 bits per heavy atom. The lowest BCUT2D eigenvalue weighted by molar-refractivity contribution is 0.113. The minimum absolute atomic E-state index is 0.127. The van der Waals surface area contributed by atoms with E-state index < -0.39 is 6.10 Å². The van der Waals surface area contributed by atoms with Crippen LogP contribution >= 0.6 is 11.8 Å². The van der Waals surface area contributed by atoms with Crippen LogP contribution in [0.1, 0.15) is 40.0 Å². The van der Waals surface area contributed by atoms with Crippen LogP contribution < -0.4 is 5.32 Å². The molecule has 1 aliphatic rings. The van der Waals surface area contributed by atoms with Crippen LogP contribution in [-0.4, -0.2) is 46.5 Å². The molecule has 108 valence electrons. The smallest absolute Gasteiger partial charge is 0.0861 e. The van der Waals surface area contributed by atoms with Gasteiger partial charge in [0.2, 0.25) is 0 Å². The van der Waals surface area contributed by atoms with Gasteiger partial charge in [-0.2, -0.15) is 11.8 Å². The molecule has 4 heteroatoms. The molecule has 0 aromatic heterocycles. The molecule has 1 saturated carbocycles. The molecule has 0 aromatic carbocycles. The number of hydrogen-bond acceptors (Lipinski definition) is 4. The van der Waals surface area contributed by atoms with Crippen LogP contribution in [0.3, 0.4) is 0 Å². The molecule has 1 fully saturated rings. The van der Waals surface area contributed by atoms with Gasteiger partial charge in [0.1, 0.15) is 0 Å². The Labute approximate surface area is 116 Å². The molecule has 5 unspecified atom stereocenters. The maximum Gasteiger partial charge on any atom is 0.0861 e. The number of thioether (sulfide) groups is 1. The second-order valence-electron chi connectivity index (χ2n) is 5.75. The summed E-state index contributed by atoms with van der Waals surface area (Å²) in [6.45, 7) is 7.79. The highest BCUT2D eigenvalue weighted by molar-refractivity contribution is 8.00. The van der Waals surface area contributed by atoms with E-state index in [-0.39, 0.29) is 6.61 Å². The van der Waals surface area contributed by atoms with Gasteiger partial charge in [0.05, 0.1) is 12.7 Å². The fourth-order valence-electron chi connectivity index (χ4n) is 2.91. The van der Waals surface area contributed by atoms with Gasteiger partial charge in [0, 0.05) is 17.0 Å². The van der Waals surface area contributed by atoms with E-state index in [1.54, 1.807) is 0 Å². The average Bonchev–Trinajstić information content (AvgIpc) is 2.34. The Morgan fingerprint density at radius 1 is 1.33 bits per heavy atom. The molecule has 1 rings (SSSR count). The molecule has 3 nitrogen and oxygen atoms in total. The SMILES string of the molecule is CCCNC1CC(C)CC(C)C1SCC(O)CO. The third kappa shape index (κ3) is 5.08. The number of hydrogen-bond donors (Lipinski definition) is 3. The Bertz CT molecular complexity index is 228. The monoisotopic (exact) mass is 275 g/mol. The van der Waals surface area contributed by atoms with Crippen LogP contribution in [0.2, 0.25) is 0 Å². The molecule has 0 aromatic rings. The molecule has 0 amide bonds. The topological polar surface area (TPSA) is 52.5 Å². The summed E-state index contributed by atoms with van der Waals surface area (Å²) in [5.74, 6) is 2.11. The summed E-state index contributed by atoms with van der Waals surface area (Å²) in [6.07, 6.45) is 3.10. The minimum atomic E-state index is -0.576. The zero-order valence-electron chi connectivity index (χ0n) is 11.9. The zero-order chi connectivity index (χ0) is 13.5. The first-order valence-corrected chi connectivity index (χ1v) is 8.27. The van der Waals surface area contributed by atoms with Gasteiger partial charge in [-0.1, -0.05) is 20.8 Å². The number of nitrogens with one attached hydrogen (secondary N) is 1. The molecule has 0 spiro atoms. The van der Waals surface area contributed by atoms with Crippen LogP contribution in [-0.2, 0) is 0 Å². The third-order valence-corrected chi connectivity index (χ3v) is 5.49. The van der Waals surface area contributed by atoms with Gasteiger partial charge in [-0.05, 0) is 37.6 Å². The van der Waals surface area contributed by atoms with Crippen LogP contribution in [0.4, 0.5) is 0 Å².